The van der Waals surface area contributed by atoms with Crippen molar-refractivity contribution in [2.75, 3.05) is 5.88 Å². The highest BCUT2D eigenvalue weighted by Crippen LogP contribution is 2.06. The fraction of sp³-hybridized carbons (Fsp3) is 0.375. The SMILES string of the molecule is Cc1cc(C(=O)CCl)n(C)c1. The van der Waals surface area contributed by atoms with Gasteiger partial charge in [0, 0.05) is 13.2 Å². The Bertz CT molecular complexity index is 278. The van der Waals surface area contributed by atoms with E-state index < -0.39 is 0 Å². The Hall–Kier alpha value is -0.760. The molecule has 0 fully saturated rings. The van der Waals surface area contributed by atoms with E-state index in [0.717, 1.165) is 5.56 Å². The molecular formula is C8H10ClNO. The van der Waals surface area contributed by atoms with Crippen LogP contribution in [0.4, 0.5) is 0 Å². The molecule has 2 nitrogen and oxygen atoms in total. The van der Waals surface area contributed by atoms with Gasteiger partial charge in [0.15, 0.2) is 5.78 Å². The number of aryl methyl sites for hydroxylation is 2. The molecule has 0 aliphatic carbocycles. The number of hydrogen-bond donors (Lipinski definition) is 0. The van der Waals surface area contributed by atoms with Crippen LogP contribution in [-0.2, 0) is 7.05 Å². The Morgan fingerprint density at radius 3 is 2.73 bits per heavy atom. The zero-order valence-corrected chi connectivity index (χ0v) is 7.35. The van der Waals surface area contributed by atoms with Crippen LogP contribution >= 0.6 is 11.6 Å². The lowest BCUT2D eigenvalue weighted by Gasteiger charge is -1.96. The molecule has 1 aromatic rings. The number of aromatic nitrogens is 1. The molecule has 0 N–H and O–H groups in total. The first kappa shape index (κ1) is 8.34. The van der Waals surface area contributed by atoms with Crippen molar-refractivity contribution in [1.29, 1.82) is 0 Å². The summed E-state index contributed by atoms with van der Waals surface area (Å²) in [5, 5.41) is 0. The molecule has 0 radical (unpaired) electrons. The molecule has 60 valence electrons. The first-order valence-corrected chi connectivity index (χ1v) is 3.90. The number of halogens is 1. The van der Waals surface area contributed by atoms with Gasteiger partial charge >= 0.3 is 0 Å². The Morgan fingerprint density at radius 2 is 2.36 bits per heavy atom. The van der Waals surface area contributed by atoms with Gasteiger partial charge in [-0.2, -0.15) is 0 Å². The number of nitrogens with zero attached hydrogens (tertiary/aromatic N) is 1. The molecule has 1 rings (SSSR count). The van der Waals surface area contributed by atoms with Crippen molar-refractivity contribution < 1.29 is 4.79 Å². The molecule has 11 heavy (non-hydrogen) atoms. The van der Waals surface area contributed by atoms with Crippen LogP contribution in [0.3, 0.4) is 0 Å². The van der Waals surface area contributed by atoms with E-state index >= 15 is 0 Å². The summed E-state index contributed by atoms with van der Waals surface area (Å²) in [6.45, 7) is 1.95. The predicted molar refractivity (Wildman–Crippen MR) is 45.2 cm³/mol. The molecule has 1 aromatic heterocycles. The molecule has 0 aliphatic rings. The van der Waals surface area contributed by atoms with Crippen molar-refractivity contribution in [3.8, 4) is 0 Å². The van der Waals surface area contributed by atoms with Crippen molar-refractivity contribution in [1.82, 2.24) is 4.57 Å². The minimum atomic E-state index is -0.0257. The summed E-state index contributed by atoms with van der Waals surface area (Å²) in [5.74, 6) is 0.0272. The summed E-state index contributed by atoms with van der Waals surface area (Å²) in [6, 6.07) is 1.84. The van der Waals surface area contributed by atoms with E-state index in [9.17, 15) is 4.79 Å². The largest absolute Gasteiger partial charge is 0.348 e. The predicted octanol–water partition coefficient (Wildman–Crippen LogP) is 1.76. The number of hydrogen-bond acceptors (Lipinski definition) is 1. The molecule has 0 amide bonds. The molecule has 0 atom stereocenters. The number of rotatable bonds is 2. The van der Waals surface area contributed by atoms with Crippen LogP contribution in [-0.4, -0.2) is 16.2 Å². The van der Waals surface area contributed by atoms with Gasteiger partial charge in [-0.25, -0.2) is 0 Å². The summed E-state index contributed by atoms with van der Waals surface area (Å²) >= 11 is 5.40. The van der Waals surface area contributed by atoms with Gasteiger partial charge in [-0.3, -0.25) is 4.79 Å². The highest BCUT2D eigenvalue weighted by molar-refractivity contribution is 6.30. The van der Waals surface area contributed by atoms with Crippen molar-refractivity contribution in [2.24, 2.45) is 7.05 Å². The first-order chi connectivity index (χ1) is 5.15. The molecule has 0 aliphatic heterocycles. The summed E-state index contributed by atoms with van der Waals surface area (Å²) in [7, 11) is 1.84. The Morgan fingerprint density at radius 1 is 1.73 bits per heavy atom. The van der Waals surface area contributed by atoms with E-state index in [1.165, 1.54) is 0 Å². The number of carbonyl (C=O) groups is 1. The monoisotopic (exact) mass is 171 g/mol. The van der Waals surface area contributed by atoms with E-state index in [1.807, 2.05) is 26.2 Å². The smallest absolute Gasteiger partial charge is 0.193 e. The molecule has 3 heteroatoms. The lowest BCUT2D eigenvalue weighted by Crippen LogP contribution is -2.05. The summed E-state index contributed by atoms with van der Waals surface area (Å²) in [4.78, 5) is 11.1. The summed E-state index contributed by atoms with van der Waals surface area (Å²) in [5.41, 5.74) is 1.76. The van der Waals surface area contributed by atoms with Gasteiger partial charge < -0.3 is 4.57 Å². The second kappa shape index (κ2) is 3.09. The van der Waals surface area contributed by atoms with Gasteiger partial charge in [0.1, 0.15) is 0 Å². The second-order valence-electron chi connectivity index (χ2n) is 2.57. The average Bonchev–Trinajstić information content (AvgIpc) is 2.28. The molecule has 0 unspecified atom stereocenters. The average molecular weight is 172 g/mol. The molecular weight excluding hydrogens is 162 g/mol. The summed E-state index contributed by atoms with van der Waals surface area (Å²) in [6.07, 6.45) is 1.90. The van der Waals surface area contributed by atoms with Gasteiger partial charge in [-0.05, 0) is 18.6 Å². The van der Waals surface area contributed by atoms with Crippen LogP contribution in [0.15, 0.2) is 12.3 Å². The van der Waals surface area contributed by atoms with Crippen LogP contribution in [0, 0.1) is 6.92 Å². The Balaban J connectivity index is 3.03. The van der Waals surface area contributed by atoms with E-state index in [2.05, 4.69) is 0 Å². The second-order valence-corrected chi connectivity index (χ2v) is 2.84. The Labute approximate surface area is 70.8 Å². The first-order valence-electron chi connectivity index (χ1n) is 3.37. The third-order valence-electron chi connectivity index (χ3n) is 1.55. The van der Waals surface area contributed by atoms with E-state index in [4.69, 9.17) is 11.6 Å². The third-order valence-corrected chi connectivity index (χ3v) is 1.79. The summed E-state index contributed by atoms with van der Waals surface area (Å²) < 4.78 is 1.79. The van der Waals surface area contributed by atoms with Crippen molar-refractivity contribution in [2.45, 2.75) is 6.92 Å². The van der Waals surface area contributed by atoms with Gasteiger partial charge in [-0.15, -0.1) is 11.6 Å². The molecule has 1 heterocycles. The maximum Gasteiger partial charge on any atom is 0.193 e. The molecule has 0 saturated heterocycles. The standard InChI is InChI=1S/C8H10ClNO/c1-6-3-7(8(11)4-9)10(2)5-6/h3,5H,4H2,1-2H3. The van der Waals surface area contributed by atoms with Crippen LogP contribution in [0.5, 0.6) is 0 Å². The van der Waals surface area contributed by atoms with Crippen LogP contribution in [0.2, 0.25) is 0 Å². The lowest BCUT2D eigenvalue weighted by molar-refractivity contribution is 0.101. The van der Waals surface area contributed by atoms with Crippen molar-refractivity contribution in [3.63, 3.8) is 0 Å². The third kappa shape index (κ3) is 1.63. The molecule has 0 spiro atoms. The topological polar surface area (TPSA) is 22.0 Å². The fourth-order valence-electron chi connectivity index (χ4n) is 1.08. The van der Waals surface area contributed by atoms with Crippen LogP contribution < -0.4 is 0 Å². The minimum absolute atomic E-state index is 0.0257. The fourth-order valence-corrected chi connectivity index (χ4v) is 1.21. The normalized spacial score (nSPS) is 10.1. The van der Waals surface area contributed by atoms with Gasteiger partial charge in [0.25, 0.3) is 0 Å². The minimum Gasteiger partial charge on any atom is -0.348 e. The van der Waals surface area contributed by atoms with E-state index in [1.54, 1.807) is 4.57 Å². The van der Waals surface area contributed by atoms with Crippen LogP contribution in [0.1, 0.15) is 16.1 Å². The number of ketones is 1. The molecule has 0 bridgehead atoms. The van der Waals surface area contributed by atoms with Crippen molar-refractivity contribution >= 4 is 17.4 Å². The van der Waals surface area contributed by atoms with E-state index in [0.29, 0.717) is 5.69 Å². The van der Waals surface area contributed by atoms with Gasteiger partial charge in [-0.1, -0.05) is 0 Å². The number of Topliss-reactive ketones (excluding diaryl/α,β-unsaturated/α-hetero) is 1. The quantitative estimate of drug-likeness (QED) is 0.491. The zero-order valence-electron chi connectivity index (χ0n) is 6.60. The molecule has 0 saturated carbocycles. The number of alkyl halides is 1. The lowest BCUT2D eigenvalue weighted by atomic mass is 10.3. The zero-order chi connectivity index (χ0) is 8.43. The van der Waals surface area contributed by atoms with Crippen LogP contribution in [0.25, 0.3) is 0 Å². The molecule has 0 aromatic carbocycles. The highest BCUT2D eigenvalue weighted by atomic mass is 35.5. The maximum absolute atomic E-state index is 11.1. The highest BCUT2D eigenvalue weighted by Gasteiger charge is 2.07. The van der Waals surface area contributed by atoms with E-state index in [-0.39, 0.29) is 11.7 Å². The van der Waals surface area contributed by atoms with Gasteiger partial charge in [0.05, 0.1) is 11.6 Å². The Kier molecular flexibility index (Phi) is 2.35. The van der Waals surface area contributed by atoms with Gasteiger partial charge in [0.2, 0.25) is 0 Å². The maximum atomic E-state index is 11.1. The van der Waals surface area contributed by atoms with Crippen molar-refractivity contribution in [3.05, 3.63) is 23.5 Å². The number of carbonyl (C=O) groups excluding carboxylic acids is 1.